The molecular formula is C13H21NO. The summed E-state index contributed by atoms with van der Waals surface area (Å²) < 4.78 is 5.72. The van der Waals surface area contributed by atoms with E-state index in [-0.39, 0.29) is 0 Å². The first-order valence-electron chi connectivity index (χ1n) is 5.94. The van der Waals surface area contributed by atoms with Gasteiger partial charge in [0.2, 0.25) is 0 Å². The molecule has 0 bridgehead atoms. The molecular weight excluding hydrogens is 186 g/mol. The molecule has 0 saturated heterocycles. The van der Waals surface area contributed by atoms with Gasteiger partial charge in [-0.05, 0) is 50.9 Å². The zero-order valence-electron chi connectivity index (χ0n) is 9.97. The monoisotopic (exact) mass is 207 g/mol. The lowest BCUT2D eigenvalue weighted by molar-refractivity contribution is 0.425. The van der Waals surface area contributed by atoms with Gasteiger partial charge in [-0.15, -0.1) is 0 Å². The highest BCUT2D eigenvalue weighted by Crippen LogP contribution is 2.53. The standard InChI is InChI=1S/C13H21NO/c1-4-7-14-9-11-8-13(11,3)12-6-5-10(2)15-12/h5-6,11,14H,4,7-9H2,1-3H3. The van der Waals surface area contributed by atoms with Crippen LogP contribution in [0.5, 0.6) is 0 Å². The Labute approximate surface area is 92.1 Å². The number of furan rings is 1. The van der Waals surface area contributed by atoms with Gasteiger partial charge in [0.25, 0.3) is 0 Å². The molecule has 1 N–H and O–H groups in total. The summed E-state index contributed by atoms with van der Waals surface area (Å²) >= 11 is 0. The maximum atomic E-state index is 5.72. The molecule has 0 aromatic carbocycles. The van der Waals surface area contributed by atoms with Gasteiger partial charge >= 0.3 is 0 Å². The van der Waals surface area contributed by atoms with Crippen molar-refractivity contribution in [3.8, 4) is 0 Å². The molecule has 1 aliphatic rings. The minimum absolute atomic E-state index is 0.301. The van der Waals surface area contributed by atoms with E-state index in [0.29, 0.717) is 5.41 Å². The van der Waals surface area contributed by atoms with Crippen LogP contribution in [0.4, 0.5) is 0 Å². The maximum Gasteiger partial charge on any atom is 0.110 e. The average molecular weight is 207 g/mol. The normalized spacial score (nSPS) is 29.4. The Morgan fingerprint density at radius 2 is 2.33 bits per heavy atom. The van der Waals surface area contributed by atoms with Crippen molar-refractivity contribution < 1.29 is 4.42 Å². The fourth-order valence-corrected chi connectivity index (χ4v) is 2.25. The van der Waals surface area contributed by atoms with E-state index in [2.05, 4.69) is 31.3 Å². The van der Waals surface area contributed by atoms with Gasteiger partial charge in [-0.1, -0.05) is 13.8 Å². The van der Waals surface area contributed by atoms with Crippen molar-refractivity contribution in [1.29, 1.82) is 0 Å². The highest BCUT2D eigenvalue weighted by molar-refractivity contribution is 5.25. The molecule has 15 heavy (non-hydrogen) atoms. The second kappa shape index (κ2) is 4.01. The molecule has 2 atom stereocenters. The van der Waals surface area contributed by atoms with Crippen LogP contribution in [0.3, 0.4) is 0 Å². The predicted molar refractivity (Wildman–Crippen MR) is 62.1 cm³/mol. The summed E-state index contributed by atoms with van der Waals surface area (Å²) in [5.74, 6) is 2.95. The summed E-state index contributed by atoms with van der Waals surface area (Å²) in [5, 5.41) is 3.49. The summed E-state index contributed by atoms with van der Waals surface area (Å²) in [4.78, 5) is 0. The second-order valence-electron chi connectivity index (χ2n) is 4.93. The van der Waals surface area contributed by atoms with Crippen molar-refractivity contribution in [2.75, 3.05) is 13.1 Å². The van der Waals surface area contributed by atoms with Crippen molar-refractivity contribution >= 4 is 0 Å². The third kappa shape index (κ3) is 2.10. The molecule has 1 aromatic rings. The summed E-state index contributed by atoms with van der Waals surface area (Å²) in [6.07, 6.45) is 2.47. The highest BCUT2D eigenvalue weighted by atomic mass is 16.3. The summed E-state index contributed by atoms with van der Waals surface area (Å²) in [6, 6.07) is 4.20. The topological polar surface area (TPSA) is 25.2 Å². The Kier molecular flexibility index (Phi) is 2.87. The molecule has 2 rings (SSSR count). The van der Waals surface area contributed by atoms with Crippen molar-refractivity contribution in [3.05, 3.63) is 23.7 Å². The minimum Gasteiger partial charge on any atom is -0.466 e. The van der Waals surface area contributed by atoms with Crippen molar-refractivity contribution in [2.45, 2.75) is 39.0 Å². The lowest BCUT2D eigenvalue weighted by Gasteiger charge is -2.08. The molecule has 84 valence electrons. The van der Waals surface area contributed by atoms with E-state index in [4.69, 9.17) is 4.42 Å². The van der Waals surface area contributed by atoms with Gasteiger partial charge in [0.05, 0.1) is 0 Å². The molecule has 1 aliphatic carbocycles. The quantitative estimate of drug-likeness (QED) is 0.751. The molecule has 2 nitrogen and oxygen atoms in total. The zero-order chi connectivity index (χ0) is 10.9. The van der Waals surface area contributed by atoms with E-state index < -0.39 is 0 Å². The Bertz CT molecular complexity index is 331. The average Bonchev–Trinajstić information content (AvgIpc) is 2.66. The smallest absolute Gasteiger partial charge is 0.110 e. The number of aryl methyl sites for hydroxylation is 1. The number of hydrogen-bond donors (Lipinski definition) is 1. The van der Waals surface area contributed by atoms with Crippen LogP contribution in [0.25, 0.3) is 0 Å². The third-order valence-corrected chi connectivity index (χ3v) is 3.53. The number of nitrogens with one attached hydrogen (secondary N) is 1. The molecule has 1 saturated carbocycles. The molecule has 1 heterocycles. The first-order valence-corrected chi connectivity index (χ1v) is 5.94. The first kappa shape index (κ1) is 10.7. The molecule has 2 heteroatoms. The van der Waals surface area contributed by atoms with Gasteiger partial charge in [0, 0.05) is 5.41 Å². The number of hydrogen-bond acceptors (Lipinski definition) is 2. The van der Waals surface area contributed by atoms with Crippen LogP contribution in [0, 0.1) is 12.8 Å². The number of rotatable bonds is 5. The minimum atomic E-state index is 0.301. The van der Waals surface area contributed by atoms with Gasteiger partial charge in [-0.25, -0.2) is 0 Å². The van der Waals surface area contributed by atoms with Crippen LogP contribution in [0.1, 0.15) is 38.2 Å². The molecule has 0 radical (unpaired) electrons. The molecule has 1 aromatic heterocycles. The van der Waals surface area contributed by atoms with E-state index in [1.165, 1.54) is 18.6 Å². The highest BCUT2D eigenvalue weighted by Gasteiger charge is 2.52. The van der Waals surface area contributed by atoms with E-state index >= 15 is 0 Å². The summed E-state index contributed by atoms with van der Waals surface area (Å²) in [5.41, 5.74) is 0.301. The van der Waals surface area contributed by atoms with E-state index in [0.717, 1.165) is 24.8 Å². The Hall–Kier alpha value is -0.760. The SMILES string of the molecule is CCCNCC1CC1(C)c1ccc(C)o1. The maximum absolute atomic E-state index is 5.72. The van der Waals surface area contributed by atoms with Gasteiger partial charge < -0.3 is 9.73 Å². The Morgan fingerprint density at radius 3 is 2.93 bits per heavy atom. The van der Waals surface area contributed by atoms with Crippen LogP contribution in [-0.4, -0.2) is 13.1 Å². The molecule has 0 spiro atoms. The van der Waals surface area contributed by atoms with Crippen LogP contribution in [0.15, 0.2) is 16.5 Å². The molecule has 0 amide bonds. The lowest BCUT2D eigenvalue weighted by Crippen LogP contribution is -2.20. The van der Waals surface area contributed by atoms with E-state index in [9.17, 15) is 0 Å². The van der Waals surface area contributed by atoms with Crippen LogP contribution in [-0.2, 0) is 5.41 Å². The fraction of sp³-hybridized carbons (Fsp3) is 0.692. The van der Waals surface area contributed by atoms with Crippen molar-refractivity contribution in [2.24, 2.45) is 5.92 Å². The van der Waals surface area contributed by atoms with Crippen LogP contribution >= 0.6 is 0 Å². The van der Waals surface area contributed by atoms with Gasteiger partial charge in [-0.2, -0.15) is 0 Å². The summed E-state index contributed by atoms with van der Waals surface area (Å²) in [6.45, 7) is 8.78. The van der Waals surface area contributed by atoms with Crippen molar-refractivity contribution in [3.63, 3.8) is 0 Å². The van der Waals surface area contributed by atoms with Crippen LogP contribution < -0.4 is 5.32 Å². The van der Waals surface area contributed by atoms with E-state index in [1.54, 1.807) is 0 Å². The Morgan fingerprint density at radius 1 is 1.53 bits per heavy atom. The van der Waals surface area contributed by atoms with E-state index in [1.807, 2.05) is 6.92 Å². The molecule has 0 aliphatic heterocycles. The van der Waals surface area contributed by atoms with Crippen molar-refractivity contribution in [1.82, 2.24) is 5.32 Å². The first-order chi connectivity index (χ1) is 7.16. The second-order valence-corrected chi connectivity index (χ2v) is 4.93. The summed E-state index contributed by atoms with van der Waals surface area (Å²) in [7, 11) is 0. The fourth-order valence-electron chi connectivity index (χ4n) is 2.25. The molecule has 2 unspecified atom stereocenters. The third-order valence-electron chi connectivity index (χ3n) is 3.53. The largest absolute Gasteiger partial charge is 0.466 e. The van der Waals surface area contributed by atoms with Crippen LogP contribution in [0.2, 0.25) is 0 Å². The zero-order valence-corrected chi connectivity index (χ0v) is 9.97. The Balaban J connectivity index is 1.89. The van der Waals surface area contributed by atoms with Gasteiger partial charge in [-0.3, -0.25) is 0 Å². The van der Waals surface area contributed by atoms with Gasteiger partial charge in [0.15, 0.2) is 0 Å². The predicted octanol–water partition coefficient (Wildman–Crippen LogP) is 2.87. The lowest BCUT2D eigenvalue weighted by atomic mass is 10.0. The van der Waals surface area contributed by atoms with Gasteiger partial charge in [0.1, 0.15) is 11.5 Å². The molecule has 1 fully saturated rings.